The van der Waals surface area contributed by atoms with E-state index in [0.717, 1.165) is 5.56 Å². The second-order valence-corrected chi connectivity index (χ2v) is 13.4. The van der Waals surface area contributed by atoms with Gasteiger partial charge in [-0.2, -0.15) is 0 Å². The number of carbonyl (C=O) groups excluding carboxylic acids is 5. The predicted octanol–water partition coefficient (Wildman–Crippen LogP) is 4.02. The van der Waals surface area contributed by atoms with Crippen molar-refractivity contribution in [3.05, 3.63) is 78.3 Å². The van der Waals surface area contributed by atoms with E-state index >= 15 is 0 Å². The van der Waals surface area contributed by atoms with Crippen molar-refractivity contribution in [1.29, 1.82) is 0 Å². The number of imidazole rings is 1. The van der Waals surface area contributed by atoms with Gasteiger partial charge in [0.05, 0.1) is 24.8 Å². The summed E-state index contributed by atoms with van der Waals surface area (Å²) < 4.78 is 22.3. The van der Waals surface area contributed by atoms with Crippen LogP contribution in [0.15, 0.2) is 65.9 Å². The van der Waals surface area contributed by atoms with Crippen LogP contribution in [-0.4, -0.2) is 51.7 Å². The summed E-state index contributed by atoms with van der Waals surface area (Å²) in [5.41, 5.74) is 0.251. The molecule has 47 heavy (non-hydrogen) atoms. The second kappa shape index (κ2) is 12.8. The van der Waals surface area contributed by atoms with Crippen LogP contribution in [-0.2, 0) is 51.2 Å². The lowest BCUT2D eigenvalue weighted by molar-refractivity contribution is -0.208. The van der Waals surface area contributed by atoms with Crippen LogP contribution in [0.3, 0.4) is 0 Å². The van der Waals surface area contributed by atoms with Crippen LogP contribution in [0, 0.1) is 28.6 Å². The number of rotatable bonds is 9. The highest BCUT2D eigenvalue weighted by molar-refractivity contribution is 5.94. The van der Waals surface area contributed by atoms with E-state index < -0.39 is 70.6 Å². The molecule has 2 aromatic heterocycles. The number of nitrogens with zero attached hydrogens (tertiary/aromatic N) is 1. The zero-order chi connectivity index (χ0) is 33.3. The number of ether oxygens (including phenoxy) is 3. The number of aromatic amines is 1. The summed E-state index contributed by atoms with van der Waals surface area (Å²) in [6.45, 7) is 5.04. The highest BCUT2D eigenvalue weighted by Crippen LogP contribution is 2.65. The van der Waals surface area contributed by atoms with Gasteiger partial charge < -0.3 is 28.9 Å². The van der Waals surface area contributed by atoms with Gasteiger partial charge in [-0.3, -0.25) is 19.2 Å². The molecule has 1 amide bonds. The Labute approximate surface area is 271 Å². The van der Waals surface area contributed by atoms with Crippen molar-refractivity contribution in [2.24, 2.45) is 28.6 Å². The summed E-state index contributed by atoms with van der Waals surface area (Å²) in [5.74, 6) is -4.69. The summed E-state index contributed by atoms with van der Waals surface area (Å²) in [6.07, 6.45) is 5.38. The van der Waals surface area contributed by atoms with Crippen LogP contribution < -0.4 is 5.32 Å². The maximum atomic E-state index is 14.4. The van der Waals surface area contributed by atoms with Gasteiger partial charge >= 0.3 is 17.9 Å². The van der Waals surface area contributed by atoms with E-state index in [2.05, 4.69) is 15.3 Å². The number of ketones is 1. The summed E-state index contributed by atoms with van der Waals surface area (Å²) in [6, 6.07) is 9.86. The molecule has 6 rings (SSSR count). The van der Waals surface area contributed by atoms with Crippen molar-refractivity contribution in [2.45, 2.75) is 77.7 Å². The Morgan fingerprint density at radius 2 is 1.91 bits per heavy atom. The predicted molar refractivity (Wildman–Crippen MR) is 164 cm³/mol. The molecule has 3 fully saturated rings. The highest BCUT2D eigenvalue weighted by Gasteiger charge is 2.67. The van der Waals surface area contributed by atoms with Crippen molar-refractivity contribution in [3.8, 4) is 0 Å². The quantitative estimate of drug-likeness (QED) is 0.256. The first-order valence-corrected chi connectivity index (χ1v) is 15.9. The minimum absolute atomic E-state index is 0.0228. The maximum absolute atomic E-state index is 14.4. The third-order valence-corrected chi connectivity index (χ3v) is 10.4. The minimum atomic E-state index is -1.20. The number of nitrogens with one attached hydrogen (secondary N) is 2. The lowest BCUT2D eigenvalue weighted by Crippen LogP contribution is -2.66. The first-order chi connectivity index (χ1) is 22.5. The first kappa shape index (κ1) is 32.2. The average Bonchev–Trinajstić information content (AvgIpc) is 3.76. The number of hydrogen-bond acceptors (Lipinski definition) is 10. The Morgan fingerprint density at radius 3 is 2.60 bits per heavy atom. The molecule has 0 radical (unpaired) electrons. The fraction of sp³-hybridized carbons (Fsp3) is 0.486. The van der Waals surface area contributed by atoms with Gasteiger partial charge in [0.15, 0.2) is 11.9 Å². The van der Waals surface area contributed by atoms with Crippen LogP contribution in [0.25, 0.3) is 0 Å². The second-order valence-electron chi connectivity index (χ2n) is 13.4. The van der Waals surface area contributed by atoms with Crippen LogP contribution in [0.1, 0.15) is 69.4 Å². The molecule has 0 bridgehead atoms. The number of Topliss-reactive ketones (excluding diaryl/α,β-unsaturated/α-hetero) is 1. The van der Waals surface area contributed by atoms with E-state index in [1.165, 1.54) is 25.8 Å². The number of fused-ring (bicyclic) bond motifs is 3. The van der Waals surface area contributed by atoms with E-state index in [1.807, 2.05) is 44.2 Å². The fourth-order valence-electron chi connectivity index (χ4n) is 8.27. The molecule has 3 heterocycles. The molecule has 0 spiro atoms. The number of amides is 1. The molecule has 3 aromatic rings. The van der Waals surface area contributed by atoms with E-state index in [9.17, 15) is 24.0 Å². The van der Waals surface area contributed by atoms with Gasteiger partial charge in [0.1, 0.15) is 18.8 Å². The number of aromatic nitrogens is 2. The molecule has 1 unspecified atom stereocenters. The van der Waals surface area contributed by atoms with Gasteiger partial charge in [0, 0.05) is 49.1 Å². The summed E-state index contributed by atoms with van der Waals surface area (Å²) in [5, 5.41) is 2.92. The number of H-pyrrole nitrogens is 1. The minimum Gasteiger partial charge on any atom is -0.472 e. The first-order valence-electron chi connectivity index (χ1n) is 15.9. The molecule has 8 atom stereocenters. The Morgan fingerprint density at radius 1 is 1.13 bits per heavy atom. The highest BCUT2D eigenvalue weighted by atomic mass is 16.6. The van der Waals surface area contributed by atoms with Crippen molar-refractivity contribution in [3.63, 3.8) is 0 Å². The molecule has 1 aliphatic heterocycles. The van der Waals surface area contributed by atoms with Gasteiger partial charge in [-0.05, 0) is 41.7 Å². The van der Waals surface area contributed by atoms with Gasteiger partial charge in [-0.15, -0.1) is 0 Å². The lowest BCUT2D eigenvalue weighted by Gasteiger charge is -2.61. The SMILES string of the molecule is CC(=O)O[C@H]1C[C@@H](C(=O)NC(Cc2cnc[nH]2)C(=O)OCc2ccccc2)[C@]2(C)CC[C@H]3C(=O)O[C@H](c4ccoc4)C[C@]3(C)[C@H]2C1=O. The molecule has 3 aliphatic rings. The van der Waals surface area contributed by atoms with Gasteiger partial charge in [0.25, 0.3) is 0 Å². The largest absolute Gasteiger partial charge is 0.472 e. The Balaban J connectivity index is 1.31. The van der Waals surface area contributed by atoms with Crippen molar-refractivity contribution >= 4 is 29.6 Å². The molecule has 2 N–H and O–H groups in total. The van der Waals surface area contributed by atoms with Gasteiger partial charge in [0.2, 0.25) is 5.91 Å². The summed E-state index contributed by atoms with van der Waals surface area (Å²) in [7, 11) is 0. The normalized spacial score (nSPS) is 30.7. The Kier molecular flexibility index (Phi) is 8.78. The third kappa shape index (κ3) is 6.20. The number of cyclic esters (lactones) is 1. The van der Waals surface area contributed by atoms with Gasteiger partial charge in [-0.1, -0.05) is 44.2 Å². The molecule has 2 aliphatic carbocycles. The molecule has 12 nitrogen and oxygen atoms in total. The van der Waals surface area contributed by atoms with Crippen molar-refractivity contribution in [1.82, 2.24) is 15.3 Å². The molecular formula is C35H39N3O9. The average molecular weight is 646 g/mol. The molecule has 248 valence electrons. The number of hydrogen-bond donors (Lipinski definition) is 2. The van der Waals surface area contributed by atoms with Gasteiger partial charge in [-0.25, -0.2) is 9.78 Å². The zero-order valence-electron chi connectivity index (χ0n) is 26.6. The van der Waals surface area contributed by atoms with E-state index in [-0.39, 0.29) is 25.2 Å². The monoisotopic (exact) mass is 645 g/mol. The lowest BCUT2D eigenvalue weighted by atomic mass is 9.43. The molecule has 1 aromatic carbocycles. The fourth-order valence-corrected chi connectivity index (χ4v) is 8.27. The Bertz CT molecular complexity index is 1620. The zero-order valence-corrected chi connectivity index (χ0v) is 26.6. The van der Waals surface area contributed by atoms with E-state index in [4.69, 9.17) is 18.6 Å². The molecular weight excluding hydrogens is 606 g/mol. The van der Waals surface area contributed by atoms with E-state index in [1.54, 1.807) is 12.3 Å². The van der Waals surface area contributed by atoms with Crippen LogP contribution >= 0.6 is 0 Å². The number of furan rings is 1. The number of benzene rings is 1. The van der Waals surface area contributed by atoms with Crippen molar-refractivity contribution < 1.29 is 42.6 Å². The van der Waals surface area contributed by atoms with Crippen LogP contribution in [0.4, 0.5) is 0 Å². The van der Waals surface area contributed by atoms with Crippen molar-refractivity contribution in [2.75, 3.05) is 0 Å². The summed E-state index contributed by atoms with van der Waals surface area (Å²) in [4.78, 5) is 74.8. The smallest absolute Gasteiger partial charge is 0.329 e. The Hall–Kier alpha value is -4.74. The molecule has 2 saturated carbocycles. The topological polar surface area (TPSA) is 167 Å². The van der Waals surface area contributed by atoms with E-state index in [0.29, 0.717) is 30.5 Å². The summed E-state index contributed by atoms with van der Waals surface area (Å²) >= 11 is 0. The standard InChI is InChI=1S/C35H39N3O9/c1-20(39)46-27-14-25(31(41)38-26(13-23-16-36-19-37-23)33(43)45-17-21-7-5-4-6-8-21)34(2)11-9-24-32(42)47-28(22-10-12-44-18-22)15-35(24,3)30(34)29(27)40/h4-8,10,12,16,18-19,24-28,30H,9,11,13-15,17H2,1-3H3,(H,36,37)(H,38,41)/t24-,25-,26?,27-,28-,30-,34-,35-/m0/s1. The van der Waals surface area contributed by atoms with Crippen LogP contribution in [0.5, 0.6) is 0 Å². The molecule has 12 heteroatoms. The van der Waals surface area contributed by atoms with Crippen LogP contribution in [0.2, 0.25) is 0 Å². The number of esters is 3. The number of carbonyl (C=O) groups is 5. The molecule has 1 saturated heterocycles. The third-order valence-electron chi connectivity index (χ3n) is 10.4. The maximum Gasteiger partial charge on any atom is 0.329 e.